The number of benzene rings is 1. The molecule has 1 aliphatic rings. The molecule has 14 heavy (non-hydrogen) atoms. The molecule has 1 nitrogen and oxygen atoms in total. The van der Waals surface area contributed by atoms with E-state index in [9.17, 15) is 8.78 Å². The van der Waals surface area contributed by atoms with Crippen LogP contribution in [0.15, 0.2) is 12.1 Å². The van der Waals surface area contributed by atoms with Crippen molar-refractivity contribution in [1.29, 1.82) is 0 Å². The normalized spacial score (nSPS) is 18.3. The molecule has 0 spiro atoms. The molecular weight excluding hydrogens is 184 g/mol. The molecule has 1 N–H and O–H groups in total. The van der Waals surface area contributed by atoms with E-state index >= 15 is 0 Å². The van der Waals surface area contributed by atoms with Crippen LogP contribution in [0, 0.1) is 18.6 Å². The molecule has 0 aliphatic heterocycles. The van der Waals surface area contributed by atoms with Crippen molar-refractivity contribution in [3.05, 3.63) is 34.9 Å². The Bertz CT molecular complexity index is 370. The van der Waals surface area contributed by atoms with Crippen LogP contribution in [0.25, 0.3) is 0 Å². The first-order chi connectivity index (χ1) is 6.60. The molecule has 0 saturated heterocycles. The van der Waals surface area contributed by atoms with Gasteiger partial charge in [0, 0.05) is 11.1 Å². The van der Waals surface area contributed by atoms with E-state index in [4.69, 9.17) is 0 Å². The summed E-state index contributed by atoms with van der Waals surface area (Å²) in [5, 5.41) is 3.00. The highest BCUT2D eigenvalue weighted by atomic mass is 19.1. The minimum Gasteiger partial charge on any atom is -0.310 e. The smallest absolute Gasteiger partial charge is 0.134 e. The molecule has 0 radical (unpaired) electrons. The maximum Gasteiger partial charge on any atom is 0.134 e. The molecule has 1 fully saturated rings. The van der Waals surface area contributed by atoms with Gasteiger partial charge in [-0.3, -0.25) is 0 Å². The van der Waals surface area contributed by atoms with Gasteiger partial charge in [-0.1, -0.05) is 6.07 Å². The maximum absolute atomic E-state index is 13.7. The second-order valence-electron chi connectivity index (χ2n) is 3.89. The summed E-state index contributed by atoms with van der Waals surface area (Å²) in [6.07, 6.45) is 1.61. The van der Waals surface area contributed by atoms with Crippen LogP contribution < -0.4 is 5.32 Å². The molecular formula is C11H13F2N. The molecule has 0 amide bonds. The predicted molar refractivity (Wildman–Crippen MR) is 51.1 cm³/mol. The third kappa shape index (κ3) is 1.23. The Morgan fingerprint density at radius 2 is 1.93 bits per heavy atom. The maximum atomic E-state index is 13.7. The molecule has 2 rings (SSSR count). The van der Waals surface area contributed by atoms with E-state index in [1.807, 2.05) is 0 Å². The van der Waals surface area contributed by atoms with Gasteiger partial charge in [0.15, 0.2) is 0 Å². The molecule has 0 aromatic heterocycles. The van der Waals surface area contributed by atoms with E-state index in [2.05, 4.69) is 5.32 Å². The van der Waals surface area contributed by atoms with Crippen molar-refractivity contribution in [3.8, 4) is 0 Å². The molecule has 0 bridgehead atoms. The van der Waals surface area contributed by atoms with Gasteiger partial charge in [0.2, 0.25) is 0 Å². The van der Waals surface area contributed by atoms with Crippen LogP contribution in [0.1, 0.15) is 24.0 Å². The zero-order chi connectivity index (χ0) is 10.3. The fourth-order valence-electron chi connectivity index (χ4n) is 1.85. The number of halogens is 2. The Morgan fingerprint density at radius 1 is 1.29 bits per heavy atom. The standard InChI is InChI=1S/C11H13F2N/c1-7-3-4-8(12)9(10(7)13)11(14-2)5-6-11/h3-4,14H,5-6H2,1-2H3. The second-order valence-corrected chi connectivity index (χ2v) is 3.89. The van der Waals surface area contributed by atoms with E-state index in [0.717, 1.165) is 12.8 Å². The molecule has 3 heteroatoms. The number of aryl methyl sites for hydroxylation is 1. The van der Waals surface area contributed by atoms with Gasteiger partial charge in [-0.05, 0) is 38.4 Å². The summed E-state index contributed by atoms with van der Waals surface area (Å²) in [6.45, 7) is 1.66. The largest absolute Gasteiger partial charge is 0.310 e. The molecule has 1 saturated carbocycles. The van der Waals surface area contributed by atoms with Crippen molar-refractivity contribution >= 4 is 0 Å². The highest BCUT2D eigenvalue weighted by molar-refractivity contribution is 5.36. The summed E-state index contributed by atoms with van der Waals surface area (Å²) >= 11 is 0. The van der Waals surface area contributed by atoms with Crippen molar-refractivity contribution in [2.24, 2.45) is 0 Å². The van der Waals surface area contributed by atoms with Crippen molar-refractivity contribution in [3.63, 3.8) is 0 Å². The molecule has 1 aromatic rings. The summed E-state index contributed by atoms with van der Waals surface area (Å²) in [5.41, 5.74) is 0.267. The van der Waals surface area contributed by atoms with Gasteiger partial charge in [0.1, 0.15) is 11.6 Å². The van der Waals surface area contributed by atoms with Crippen LogP contribution in [0.5, 0.6) is 0 Å². The summed E-state index contributed by atoms with van der Waals surface area (Å²) in [6, 6.07) is 2.81. The van der Waals surface area contributed by atoms with Crippen LogP contribution in [-0.2, 0) is 5.54 Å². The molecule has 0 atom stereocenters. The number of hydrogen-bond acceptors (Lipinski definition) is 1. The summed E-state index contributed by atoms with van der Waals surface area (Å²) in [5.74, 6) is -0.850. The van der Waals surface area contributed by atoms with Gasteiger partial charge < -0.3 is 5.32 Å². The van der Waals surface area contributed by atoms with Gasteiger partial charge in [0.05, 0.1) is 0 Å². The molecule has 76 valence electrons. The van der Waals surface area contributed by atoms with Gasteiger partial charge >= 0.3 is 0 Å². The molecule has 0 unspecified atom stereocenters. The van der Waals surface area contributed by atoms with Crippen LogP contribution in [-0.4, -0.2) is 7.05 Å². The Morgan fingerprint density at radius 3 is 2.43 bits per heavy atom. The lowest BCUT2D eigenvalue weighted by molar-refractivity contribution is 0.477. The van der Waals surface area contributed by atoms with Crippen molar-refractivity contribution < 1.29 is 8.78 Å². The second kappa shape index (κ2) is 3.02. The van der Waals surface area contributed by atoms with Crippen LogP contribution in [0.2, 0.25) is 0 Å². The van der Waals surface area contributed by atoms with Crippen molar-refractivity contribution in [2.75, 3.05) is 7.05 Å². The number of hydrogen-bond donors (Lipinski definition) is 1. The minimum atomic E-state index is -0.444. The van der Waals surface area contributed by atoms with Crippen LogP contribution in [0.4, 0.5) is 8.78 Å². The SMILES string of the molecule is CNC1(c2c(F)ccc(C)c2F)CC1. The van der Waals surface area contributed by atoms with Crippen molar-refractivity contribution in [1.82, 2.24) is 5.32 Å². The predicted octanol–water partition coefficient (Wildman–Crippen LogP) is 2.48. The average Bonchev–Trinajstić information content (AvgIpc) is 2.93. The fraction of sp³-hybridized carbons (Fsp3) is 0.455. The Kier molecular flexibility index (Phi) is 2.07. The zero-order valence-corrected chi connectivity index (χ0v) is 8.32. The first-order valence-electron chi connectivity index (χ1n) is 4.75. The number of nitrogens with one attached hydrogen (secondary N) is 1. The summed E-state index contributed by atoms with van der Waals surface area (Å²) < 4.78 is 27.2. The Labute approximate surface area is 82.1 Å². The zero-order valence-electron chi connectivity index (χ0n) is 8.32. The first kappa shape index (κ1) is 9.59. The van der Waals surface area contributed by atoms with Crippen LogP contribution in [0.3, 0.4) is 0 Å². The summed E-state index contributed by atoms with van der Waals surface area (Å²) in [4.78, 5) is 0. The Balaban J connectivity index is 2.57. The van der Waals surface area contributed by atoms with E-state index in [1.165, 1.54) is 12.1 Å². The quantitative estimate of drug-likeness (QED) is 0.768. The molecule has 1 aliphatic carbocycles. The molecule has 0 heterocycles. The van der Waals surface area contributed by atoms with E-state index in [0.29, 0.717) is 5.56 Å². The van der Waals surface area contributed by atoms with Gasteiger partial charge in [-0.25, -0.2) is 8.78 Å². The topological polar surface area (TPSA) is 12.0 Å². The summed E-state index contributed by atoms with van der Waals surface area (Å²) in [7, 11) is 1.74. The Hall–Kier alpha value is -0.960. The monoisotopic (exact) mass is 197 g/mol. The lowest BCUT2D eigenvalue weighted by Crippen LogP contribution is -2.27. The third-order valence-electron chi connectivity index (χ3n) is 2.99. The van der Waals surface area contributed by atoms with E-state index in [-0.39, 0.29) is 5.56 Å². The first-order valence-corrected chi connectivity index (χ1v) is 4.75. The van der Waals surface area contributed by atoms with Gasteiger partial charge in [-0.15, -0.1) is 0 Å². The van der Waals surface area contributed by atoms with Gasteiger partial charge in [-0.2, -0.15) is 0 Å². The van der Waals surface area contributed by atoms with E-state index in [1.54, 1.807) is 14.0 Å². The van der Waals surface area contributed by atoms with Crippen molar-refractivity contribution in [2.45, 2.75) is 25.3 Å². The highest BCUT2D eigenvalue weighted by Gasteiger charge is 2.46. The lowest BCUT2D eigenvalue weighted by Gasteiger charge is -2.17. The minimum absolute atomic E-state index is 0.208. The third-order valence-corrected chi connectivity index (χ3v) is 2.99. The van der Waals surface area contributed by atoms with Crippen LogP contribution >= 0.6 is 0 Å². The highest BCUT2D eigenvalue weighted by Crippen LogP contribution is 2.47. The molecule has 1 aromatic carbocycles. The average molecular weight is 197 g/mol. The lowest BCUT2D eigenvalue weighted by atomic mass is 10.0. The van der Waals surface area contributed by atoms with E-state index < -0.39 is 17.2 Å². The fourth-order valence-corrected chi connectivity index (χ4v) is 1.85. The van der Waals surface area contributed by atoms with Gasteiger partial charge in [0.25, 0.3) is 0 Å². The number of rotatable bonds is 2.